The van der Waals surface area contributed by atoms with Gasteiger partial charge in [-0.15, -0.1) is 0 Å². The summed E-state index contributed by atoms with van der Waals surface area (Å²) < 4.78 is 5.97. The van der Waals surface area contributed by atoms with Gasteiger partial charge in [-0.3, -0.25) is 0 Å². The van der Waals surface area contributed by atoms with Crippen molar-refractivity contribution in [1.82, 2.24) is 0 Å². The van der Waals surface area contributed by atoms with E-state index in [9.17, 15) is 9.90 Å². The molecule has 2 aliphatic rings. The molecule has 0 heterocycles. The van der Waals surface area contributed by atoms with Crippen LogP contribution in [0.1, 0.15) is 57.3 Å². The molecule has 0 aliphatic heterocycles. The number of hydrogen-bond donors (Lipinski definition) is 1. The number of carbonyl (C=O) groups excluding carboxylic acids is 1. The summed E-state index contributed by atoms with van der Waals surface area (Å²) in [6, 6.07) is 6.28. The second-order valence-corrected chi connectivity index (χ2v) is 7.85. The first-order valence-electron chi connectivity index (χ1n) is 9.22. The Balaban J connectivity index is 1.82. The molecule has 134 valence electrons. The van der Waals surface area contributed by atoms with Crippen LogP contribution in [0.4, 0.5) is 0 Å². The van der Waals surface area contributed by atoms with Gasteiger partial charge in [-0.25, -0.2) is 4.79 Å². The molecule has 1 N–H and O–H groups in total. The van der Waals surface area contributed by atoms with Crippen LogP contribution in [-0.2, 0) is 4.74 Å². The number of aromatic hydroxyl groups is 1. The minimum Gasteiger partial charge on any atom is -0.508 e. The van der Waals surface area contributed by atoms with Gasteiger partial charge in [-0.1, -0.05) is 36.6 Å². The highest BCUT2D eigenvalue weighted by Crippen LogP contribution is 2.45. The third-order valence-corrected chi connectivity index (χ3v) is 5.87. The molecular weight excluding hydrogens is 312 g/mol. The number of rotatable bonds is 3. The number of fused-ring (bicyclic) bond motifs is 1. The van der Waals surface area contributed by atoms with E-state index in [1.165, 1.54) is 28.9 Å². The molecule has 0 radical (unpaired) electrons. The van der Waals surface area contributed by atoms with E-state index in [2.05, 4.69) is 33.8 Å². The van der Waals surface area contributed by atoms with Gasteiger partial charge in [0.15, 0.2) is 0 Å². The molecule has 3 rings (SSSR count). The molecule has 2 aliphatic carbocycles. The van der Waals surface area contributed by atoms with Crippen molar-refractivity contribution >= 4 is 5.97 Å². The smallest absolute Gasteiger partial charge is 0.338 e. The summed E-state index contributed by atoms with van der Waals surface area (Å²) in [4.78, 5) is 12.6. The molecule has 0 spiro atoms. The number of phenolic OH excluding ortho intramolecular Hbond substituents is 1. The van der Waals surface area contributed by atoms with Gasteiger partial charge in [0, 0.05) is 12.3 Å². The zero-order chi connectivity index (χ0) is 18.1. The Kier molecular flexibility index (Phi) is 5.03. The Morgan fingerprint density at radius 2 is 1.88 bits per heavy atom. The molecule has 25 heavy (non-hydrogen) atoms. The van der Waals surface area contributed by atoms with Gasteiger partial charge in [0.1, 0.15) is 11.9 Å². The molecule has 0 saturated heterocycles. The van der Waals surface area contributed by atoms with Gasteiger partial charge < -0.3 is 9.84 Å². The largest absolute Gasteiger partial charge is 0.508 e. The summed E-state index contributed by atoms with van der Waals surface area (Å²) in [6.45, 7) is 8.87. The number of allylic oxidation sites excluding steroid dienone is 3. The van der Waals surface area contributed by atoms with E-state index in [0.29, 0.717) is 23.3 Å². The van der Waals surface area contributed by atoms with Crippen LogP contribution in [0.5, 0.6) is 5.75 Å². The molecule has 3 atom stereocenters. The molecule has 0 saturated carbocycles. The first-order chi connectivity index (χ1) is 11.9. The molecule has 0 fully saturated rings. The van der Waals surface area contributed by atoms with Crippen LogP contribution in [-0.4, -0.2) is 17.2 Å². The fourth-order valence-corrected chi connectivity index (χ4v) is 4.27. The van der Waals surface area contributed by atoms with Crippen molar-refractivity contribution in [2.75, 3.05) is 0 Å². The highest BCUT2D eigenvalue weighted by molar-refractivity contribution is 5.89. The molecule has 0 bridgehead atoms. The normalized spacial score (nSPS) is 26.3. The van der Waals surface area contributed by atoms with Crippen LogP contribution < -0.4 is 0 Å². The minimum absolute atomic E-state index is 0.0906. The van der Waals surface area contributed by atoms with E-state index in [1.807, 2.05) is 0 Å². The zero-order valence-electron chi connectivity index (χ0n) is 15.6. The van der Waals surface area contributed by atoms with Gasteiger partial charge >= 0.3 is 5.97 Å². The van der Waals surface area contributed by atoms with Crippen LogP contribution >= 0.6 is 0 Å². The van der Waals surface area contributed by atoms with Gasteiger partial charge in [0.05, 0.1) is 5.56 Å². The fraction of sp³-hybridized carbons (Fsp3) is 0.500. The summed E-state index contributed by atoms with van der Waals surface area (Å²) in [6.07, 6.45) is 5.18. The molecule has 0 aromatic heterocycles. The highest BCUT2D eigenvalue weighted by Gasteiger charge is 2.37. The van der Waals surface area contributed by atoms with Crippen molar-refractivity contribution in [3.05, 3.63) is 52.6 Å². The average molecular weight is 340 g/mol. The molecule has 0 amide bonds. The molecular formula is C22H28O3. The Labute approximate surface area is 150 Å². The molecule has 3 heteroatoms. The lowest BCUT2D eigenvalue weighted by Crippen LogP contribution is -2.31. The summed E-state index contributed by atoms with van der Waals surface area (Å²) in [5, 5.41) is 9.40. The van der Waals surface area contributed by atoms with Crippen molar-refractivity contribution in [3.8, 4) is 5.75 Å². The number of ether oxygens (including phenoxy) is 1. The van der Waals surface area contributed by atoms with E-state index >= 15 is 0 Å². The lowest BCUT2D eigenvalue weighted by atomic mass is 9.81. The summed E-state index contributed by atoms with van der Waals surface area (Å²) in [5.74, 6) is 1.18. The number of phenols is 1. The highest BCUT2D eigenvalue weighted by atomic mass is 16.5. The van der Waals surface area contributed by atoms with Gasteiger partial charge in [0.2, 0.25) is 0 Å². The van der Waals surface area contributed by atoms with Crippen molar-refractivity contribution < 1.29 is 14.6 Å². The van der Waals surface area contributed by atoms with Crippen molar-refractivity contribution in [1.29, 1.82) is 0 Å². The fourth-order valence-electron chi connectivity index (χ4n) is 4.27. The number of esters is 1. The first kappa shape index (κ1) is 17.8. The van der Waals surface area contributed by atoms with Gasteiger partial charge in [-0.05, 0) is 62.8 Å². The molecule has 1 aromatic rings. The van der Waals surface area contributed by atoms with Crippen LogP contribution in [0.25, 0.3) is 0 Å². The Hall–Kier alpha value is -2.03. The topological polar surface area (TPSA) is 46.5 Å². The lowest BCUT2D eigenvalue weighted by Gasteiger charge is -2.30. The molecule has 0 unspecified atom stereocenters. The summed E-state index contributed by atoms with van der Waals surface area (Å²) in [7, 11) is 0. The Morgan fingerprint density at radius 3 is 2.52 bits per heavy atom. The van der Waals surface area contributed by atoms with Crippen LogP contribution in [0.15, 0.2) is 47.1 Å². The number of carbonyl (C=O) groups is 1. The van der Waals surface area contributed by atoms with Crippen molar-refractivity contribution in [2.24, 2.45) is 17.8 Å². The van der Waals surface area contributed by atoms with E-state index < -0.39 is 0 Å². The first-order valence-corrected chi connectivity index (χ1v) is 9.22. The van der Waals surface area contributed by atoms with Gasteiger partial charge in [0.25, 0.3) is 0 Å². The Bertz CT molecular complexity index is 709. The van der Waals surface area contributed by atoms with Crippen LogP contribution in [0.3, 0.4) is 0 Å². The average Bonchev–Trinajstić information content (AvgIpc) is 2.85. The van der Waals surface area contributed by atoms with E-state index in [-0.39, 0.29) is 17.8 Å². The van der Waals surface area contributed by atoms with E-state index in [0.717, 1.165) is 19.3 Å². The quantitative estimate of drug-likeness (QED) is 0.602. The van der Waals surface area contributed by atoms with Crippen molar-refractivity contribution in [2.45, 2.75) is 53.1 Å². The second-order valence-electron chi connectivity index (χ2n) is 7.85. The van der Waals surface area contributed by atoms with Gasteiger partial charge in [-0.2, -0.15) is 0 Å². The maximum atomic E-state index is 12.6. The SMILES string of the molecule is CC1=CCC2=C(C)C[C@H](OC(=O)c3ccc(O)cc3)[C@@H](C(C)C)C[C@@H]12. The van der Waals surface area contributed by atoms with Crippen LogP contribution in [0, 0.1) is 17.8 Å². The second kappa shape index (κ2) is 7.07. The number of hydrogen-bond acceptors (Lipinski definition) is 3. The number of benzene rings is 1. The summed E-state index contributed by atoms with van der Waals surface area (Å²) >= 11 is 0. The predicted octanol–water partition coefficient (Wildman–Crippen LogP) is 5.27. The monoisotopic (exact) mass is 340 g/mol. The molecule has 3 nitrogen and oxygen atoms in total. The molecule has 1 aromatic carbocycles. The predicted molar refractivity (Wildman–Crippen MR) is 99.4 cm³/mol. The Morgan fingerprint density at radius 1 is 1.20 bits per heavy atom. The zero-order valence-corrected chi connectivity index (χ0v) is 15.6. The maximum absolute atomic E-state index is 12.6. The lowest BCUT2D eigenvalue weighted by molar-refractivity contribution is 0.00461. The van der Waals surface area contributed by atoms with Crippen LogP contribution in [0.2, 0.25) is 0 Å². The maximum Gasteiger partial charge on any atom is 0.338 e. The third-order valence-electron chi connectivity index (χ3n) is 5.87. The standard InChI is InChI=1S/C22H28O3/c1-13(2)19-12-20-14(3)5-10-18(20)15(4)11-21(19)25-22(24)16-6-8-17(23)9-7-16/h5-9,13,19-21,23H,10-12H2,1-4H3/t19-,20+,21+/m1/s1. The summed E-state index contributed by atoms with van der Waals surface area (Å²) in [5.41, 5.74) is 4.87. The van der Waals surface area contributed by atoms with Crippen molar-refractivity contribution in [3.63, 3.8) is 0 Å². The minimum atomic E-state index is -0.298. The van der Waals surface area contributed by atoms with E-state index in [1.54, 1.807) is 12.1 Å². The third kappa shape index (κ3) is 3.65. The van der Waals surface area contributed by atoms with E-state index in [4.69, 9.17) is 4.74 Å².